The number of aliphatic hydroxyl groups is 3. The smallest absolute Gasteiger partial charge is 0.251 e. The molecule has 0 rings (SSSR count). The van der Waals surface area contributed by atoms with Crippen molar-refractivity contribution in [3.05, 3.63) is 0 Å². The third kappa shape index (κ3) is 10.9. The first kappa shape index (κ1) is 19.5. The Balaban J connectivity index is 3.62. The van der Waals surface area contributed by atoms with Gasteiger partial charge in [0.05, 0.1) is 6.61 Å². The van der Waals surface area contributed by atoms with Crippen molar-refractivity contribution in [2.24, 2.45) is 0 Å². The van der Waals surface area contributed by atoms with Gasteiger partial charge in [-0.05, 0) is 31.1 Å². The number of carbonyl (C=O) groups excluding carboxylic acids is 1. The molecule has 0 unspecified atom stereocenters. The van der Waals surface area contributed by atoms with Gasteiger partial charge in [-0.15, -0.1) is 0 Å². The van der Waals surface area contributed by atoms with Crippen LogP contribution in [0.5, 0.6) is 0 Å². The zero-order valence-electron chi connectivity index (χ0n) is 12.6. The van der Waals surface area contributed by atoms with Gasteiger partial charge in [0, 0.05) is 19.4 Å². The molecule has 5 heteroatoms. The second kappa shape index (κ2) is 13.5. The molecule has 4 N–H and O–H groups in total. The average molecular weight is 295 g/mol. The van der Waals surface area contributed by atoms with Gasteiger partial charge in [0.25, 0.3) is 5.91 Å². The molecule has 0 aromatic rings. The summed E-state index contributed by atoms with van der Waals surface area (Å²) in [6.07, 6.45) is 2.35. The van der Waals surface area contributed by atoms with Crippen LogP contribution in [0.15, 0.2) is 0 Å². The molecule has 0 bridgehead atoms. The van der Waals surface area contributed by atoms with Crippen LogP contribution in [-0.2, 0) is 4.79 Å². The van der Waals surface area contributed by atoms with E-state index in [4.69, 9.17) is 10.2 Å². The van der Waals surface area contributed by atoms with Gasteiger partial charge < -0.3 is 20.6 Å². The summed E-state index contributed by atoms with van der Waals surface area (Å²) >= 11 is 0. The van der Waals surface area contributed by atoms with Crippen molar-refractivity contribution in [2.45, 2.75) is 57.7 Å². The SMILES string of the molecule is CCCCC#CC#CCCCCNC(=O)[C@H](O)[C@@H](O)CO. The van der Waals surface area contributed by atoms with Crippen LogP contribution < -0.4 is 5.32 Å². The van der Waals surface area contributed by atoms with E-state index < -0.39 is 24.7 Å². The van der Waals surface area contributed by atoms with Gasteiger partial charge in [-0.25, -0.2) is 0 Å². The molecule has 21 heavy (non-hydrogen) atoms. The standard InChI is InChI=1S/C16H25NO4/c1-2-3-4-5-6-7-8-9-10-11-12-17-16(21)15(20)14(19)13-18/h14-15,18-20H,2-4,9-13H2,1H3,(H,17,21)/t14-,15+/m0/s1. The highest BCUT2D eigenvalue weighted by Crippen LogP contribution is 1.95. The van der Waals surface area contributed by atoms with Crippen molar-refractivity contribution in [3.8, 4) is 23.7 Å². The summed E-state index contributed by atoms with van der Waals surface area (Å²) in [6, 6.07) is 0. The summed E-state index contributed by atoms with van der Waals surface area (Å²) < 4.78 is 0. The fourth-order valence-corrected chi connectivity index (χ4v) is 1.41. The van der Waals surface area contributed by atoms with E-state index >= 15 is 0 Å². The van der Waals surface area contributed by atoms with Crippen molar-refractivity contribution in [1.82, 2.24) is 5.32 Å². The minimum absolute atomic E-state index is 0.401. The quantitative estimate of drug-likeness (QED) is 0.361. The Morgan fingerprint density at radius 3 is 2.29 bits per heavy atom. The van der Waals surface area contributed by atoms with Crippen LogP contribution >= 0.6 is 0 Å². The zero-order valence-corrected chi connectivity index (χ0v) is 12.6. The van der Waals surface area contributed by atoms with Crippen molar-refractivity contribution >= 4 is 5.91 Å². The lowest BCUT2D eigenvalue weighted by atomic mass is 10.2. The Morgan fingerprint density at radius 2 is 1.71 bits per heavy atom. The maximum Gasteiger partial charge on any atom is 0.251 e. The number of rotatable bonds is 9. The number of hydrogen-bond acceptors (Lipinski definition) is 4. The molecule has 5 nitrogen and oxygen atoms in total. The molecule has 118 valence electrons. The number of nitrogens with one attached hydrogen (secondary N) is 1. The van der Waals surface area contributed by atoms with Crippen LogP contribution in [0.4, 0.5) is 0 Å². The summed E-state index contributed by atoms with van der Waals surface area (Å²) in [7, 11) is 0. The van der Waals surface area contributed by atoms with E-state index in [1.54, 1.807) is 0 Å². The van der Waals surface area contributed by atoms with Gasteiger partial charge in [0.15, 0.2) is 6.10 Å². The lowest BCUT2D eigenvalue weighted by molar-refractivity contribution is -0.136. The maximum absolute atomic E-state index is 11.3. The molecule has 0 spiro atoms. The molecular formula is C16H25NO4. The number of hydrogen-bond donors (Lipinski definition) is 4. The lowest BCUT2D eigenvalue weighted by Crippen LogP contribution is -2.43. The third-order valence-corrected chi connectivity index (χ3v) is 2.74. The van der Waals surface area contributed by atoms with E-state index in [-0.39, 0.29) is 0 Å². The highest BCUT2D eigenvalue weighted by Gasteiger charge is 2.22. The topological polar surface area (TPSA) is 89.8 Å². The van der Waals surface area contributed by atoms with Crippen LogP contribution in [0.1, 0.15) is 45.4 Å². The van der Waals surface area contributed by atoms with E-state index in [1.807, 2.05) is 0 Å². The first-order chi connectivity index (χ1) is 10.1. The van der Waals surface area contributed by atoms with Crippen molar-refractivity contribution in [2.75, 3.05) is 13.2 Å². The number of amides is 1. The molecule has 0 aliphatic heterocycles. The van der Waals surface area contributed by atoms with Crippen LogP contribution in [-0.4, -0.2) is 46.6 Å². The Hall–Kier alpha value is -1.53. The molecule has 0 aromatic carbocycles. The molecular weight excluding hydrogens is 270 g/mol. The minimum Gasteiger partial charge on any atom is -0.394 e. The summed E-state index contributed by atoms with van der Waals surface area (Å²) in [6.45, 7) is 1.87. The number of aliphatic hydroxyl groups excluding tert-OH is 3. The fourth-order valence-electron chi connectivity index (χ4n) is 1.41. The molecule has 1 amide bonds. The predicted octanol–water partition coefficient (Wildman–Crippen LogP) is 0.184. The maximum atomic E-state index is 11.3. The third-order valence-electron chi connectivity index (χ3n) is 2.74. The van der Waals surface area contributed by atoms with Gasteiger partial charge in [-0.1, -0.05) is 25.2 Å². The Morgan fingerprint density at radius 1 is 1.10 bits per heavy atom. The Labute approximate surface area is 126 Å². The van der Waals surface area contributed by atoms with Crippen molar-refractivity contribution in [3.63, 3.8) is 0 Å². The Bertz CT molecular complexity index is 400. The monoisotopic (exact) mass is 295 g/mol. The first-order valence-electron chi connectivity index (χ1n) is 7.33. The molecule has 0 heterocycles. The highest BCUT2D eigenvalue weighted by atomic mass is 16.4. The predicted molar refractivity (Wildman–Crippen MR) is 81.0 cm³/mol. The Kier molecular flexibility index (Phi) is 12.5. The van der Waals surface area contributed by atoms with Crippen LogP contribution in [0, 0.1) is 23.7 Å². The molecule has 0 aliphatic carbocycles. The second-order valence-corrected chi connectivity index (χ2v) is 4.65. The molecule has 0 saturated heterocycles. The van der Waals surface area contributed by atoms with Crippen molar-refractivity contribution < 1.29 is 20.1 Å². The van der Waals surface area contributed by atoms with Gasteiger partial charge in [-0.2, -0.15) is 0 Å². The fraction of sp³-hybridized carbons (Fsp3) is 0.688. The second-order valence-electron chi connectivity index (χ2n) is 4.65. The van der Waals surface area contributed by atoms with Crippen LogP contribution in [0.2, 0.25) is 0 Å². The molecule has 0 radical (unpaired) electrons. The van der Waals surface area contributed by atoms with E-state index in [2.05, 4.69) is 35.9 Å². The van der Waals surface area contributed by atoms with E-state index in [9.17, 15) is 9.90 Å². The van der Waals surface area contributed by atoms with E-state index in [1.165, 1.54) is 0 Å². The van der Waals surface area contributed by atoms with Gasteiger partial charge in [0.1, 0.15) is 6.10 Å². The zero-order chi connectivity index (χ0) is 15.9. The average Bonchev–Trinajstić information content (AvgIpc) is 2.50. The first-order valence-corrected chi connectivity index (χ1v) is 7.33. The van der Waals surface area contributed by atoms with Gasteiger partial charge in [-0.3, -0.25) is 4.79 Å². The van der Waals surface area contributed by atoms with Gasteiger partial charge >= 0.3 is 0 Å². The summed E-state index contributed by atoms with van der Waals surface area (Å²) in [5.74, 6) is 10.8. The largest absolute Gasteiger partial charge is 0.394 e. The highest BCUT2D eigenvalue weighted by molar-refractivity contribution is 5.81. The van der Waals surface area contributed by atoms with E-state index in [0.717, 1.165) is 32.1 Å². The van der Waals surface area contributed by atoms with E-state index in [0.29, 0.717) is 13.0 Å². The van der Waals surface area contributed by atoms with Crippen molar-refractivity contribution in [1.29, 1.82) is 0 Å². The minimum atomic E-state index is -1.59. The summed E-state index contributed by atoms with van der Waals surface area (Å²) in [5, 5.41) is 29.5. The van der Waals surface area contributed by atoms with Gasteiger partial charge in [0.2, 0.25) is 0 Å². The normalized spacial score (nSPS) is 12.4. The molecule has 0 saturated carbocycles. The van der Waals surface area contributed by atoms with Crippen LogP contribution in [0.3, 0.4) is 0 Å². The summed E-state index contributed by atoms with van der Waals surface area (Å²) in [5.41, 5.74) is 0. The molecule has 0 fully saturated rings. The summed E-state index contributed by atoms with van der Waals surface area (Å²) in [4.78, 5) is 11.3. The van der Waals surface area contributed by atoms with Crippen LogP contribution in [0.25, 0.3) is 0 Å². The molecule has 0 aliphatic rings. The lowest BCUT2D eigenvalue weighted by Gasteiger charge is -2.14. The molecule has 2 atom stereocenters. The number of carbonyl (C=O) groups is 1. The molecule has 0 aromatic heterocycles. The number of unbranched alkanes of at least 4 members (excludes halogenated alkanes) is 4.